The van der Waals surface area contributed by atoms with Crippen LogP contribution in [0.15, 0.2) is 64.4 Å². The fourth-order valence-electron chi connectivity index (χ4n) is 4.14. The number of carbonyl (C=O) groups excluding carboxylic acids is 1. The number of Topliss-reactive ketones (excluding diaryl/α,β-unsaturated/α-hetero) is 1. The van der Waals surface area contributed by atoms with E-state index in [-0.39, 0.29) is 41.8 Å². The van der Waals surface area contributed by atoms with Crippen LogP contribution >= 0.6 is 12.4 Å². The number of aryl methyl sites for hydroxylation is 2. The first-order chi connectivity index (χ1) is 16.7. The molecule has 0 saturated heterocycles. The Kier molecular flexibility index (Phi) is 8.33. The standard InChI is InChI=1S/C25H27N5O5.ClH/c1-27-23-22(24(34)28(2)25(27)35)30(16-26-23)10-6-9-29(14-17-7-4-3-5-8-17)15-21(33)18-11-19(31)13-20(32)12-18;/h3-5,7-8,11-13,16,31-32H,6,9-10,14-15H2,1-2H3;1H. The zero-order valence-corrected chi connectivity index (χ0v) is 20.8. The second-order valence-corrected chi connectivity index (χ2v) is 8.53. The van der Waals surface area contributed by atoms with Crippen LogP contribution in [0.25, 0.3) is 11.2 Å². The van der Waals surface area contributed by atoms with Gasteiger partial charge in [0, 0.05) is 45.4 Å². The van der Waals surface area contributed by atoms with Crippen molar-refractivity contribution in [1.29, 1.82) is 0 Å². The van der Waals surface area contributed by atoms with Crippen LogP contribution < -0.4 is 11.2 Å². The number of hydrogen-bond acceptors (Lipinski definition) is 7. The predicted octanol–water partition coefficient (Wildman–Crippen LogP) is 2.04. The molecule has 4 rings (SSSR count). The van der Waals surface area contributed by atoms with Crippen LogP contribution in [0.2, 0.25) is 0 Å². The molecular weight excluding hydrogens is 486 g/mol. The van der Waals surface area contributed by atoms with Gasteiger partial charge in [0.1, 0.15) is 11.5 Å². The summed E-state index contributed by atoms with van der Waals surface area (Å²) in [4.78, 5) is 44.0. The van der Waals surface area contributed by atoms with Crippen molar-refractivity contribution in [2.75, 3.05) is 13.1 Å². The fraction of sp³-hybridized carbons (Fsp3) is 0.280. The Bertz CT molecular complexity index is 1470. The highest BCUT2D eigenvalue weighted by Crippen LogP contribution is 2.21. The molecule has 0 spiro atoms. The smallest absolute Gasteiger partial charge is 0.332 e. The van der Waals surface area contributed by atoms with Gasteiger partial charge in [0.25, 0.3) is 5.56 Å². The lowest BCUT2D eigenvalue weighted by Gasteiger charge is -2.22. The summed E-state index contributed by atoms with van der Waals surface area (Å²) < 4.78 is 4.14. The average molecular weight is 514 g/mol. The van der Waals surface area contributed by atoms with E-state index in [9.17, 15) is 24.6 Å². The normalized spacial score (nSPS) is 11.1. The summed E-state index contributed by atoms with van der Waals surface area (Å²) >= 11 is 0. The largest absolute Gasteiger partial charge is 0.508 e. The van der Waals surface area contributed by atoms with Gasteiger partial charge in [-0.2, -0.15) is 0 Å². The van der Waals surface area contributed by atoms with E-state index in [2.05, 4.69) is 4.98 Å². The molecule has 0 bridgehead atoms. The molecule has 2 aromatic heterocycles. The van der Waals surface area contributed by atoms with Gasteiger partial charge >= 0.3 is 5.69 Å². The van der Waals surface area contributed by atoms with Crippen molar-refractivity contribution >= 4 is 29.4 Å². The molecule has 2 heterocycles. The lowest BCUT2D eigenvalue weighted by atomic mass is 10.1. The first-order valence-electron chi connectivity index (χ1n) is 11.2. The third-order valence-corrected chi connectivity index (χ3v) is 5.93. The number of hydrogen-bond donors (Lipinski definition) is 2. The van der Waals surface area contributed by atoms with E-state index >= 15 is 0 Å². The summed E-state index contributed by atoms with van der Waals surface area (Å²) in [6, 6.07) is 13.6. The van der Waals surface area contributed by atoms with Gasteiger partial charge in [-0.1, -0.05) is 30.3 Å². The zero-order valence-electron chi connectivity index (χ0n) is 20.0. The molecule has 0 aliphatic carbocycles. The highest BCUT2D eigenvalue weighted by molar-refractivity contribution is 5.98. The monoisotopic (exact) mass is 513 g/mol. The maximum atomic E-state index is 12.9. The molecule has 0 amide bonds. The number of ketones is 1. The minimum Gasteiger partial charge on any atom is -0.508 e. The third kappa shape index (κ3) is 5.67. The summed E-state index contributed by atoms with van der Waals surface area (Å²) in [5.74, 6) is -0.582. The van der Waals surface area contributed by atoms with Crippen molar-refractivity contribution in [2.45, 2.75) is 19.5 Å². The molecule has 10 nitrogen and oxygen atoms in total. The summed E-state index contributed by atoms with van der Waals surface area (Å²) in [5.41, 5.74) is 1.12. The Morgan fingerprint density at radius 1 is 1.00 bits per heavy atom. The Hall–Kier alpha value is -3.89. The highest BCUT2D eigenvalue weighted by atomic mass is 35.5. The number of phenols is 2. The van der Waals surface area contributed by atoms with E-state index < -0.39 is 11.2 Å². The zero-order chi connectivity index (χ0) is 25.1. The first-order valence-corrected chi connectivity index (χ1v) is 11.2. The maximum absolute atomic E-state index is 12.9. The number of halogens is 1. The van der Waals surface area contributed by atoms with Crippen LogP contribution in [0, 0.1) is 0 Å². The Labute approximate surface area is 213 Å². The molecular formula is C25H28ClN5O5. The van der Waals surface area contributed by atoms with Crippen molar-refractivity contribution in [1.82, 2.24) is 23.6 Å². The number of rotatable bonds is 9. The lowest BCUT2D eigenvalue weighted by molar-refractivity contribution is 0.0923. The maximum Gasteiger partial charge on any atom is 0.332 e. The van der Waals surface area contributed by atoms with E-state index in [1.165, 1.54) is 29.8 Å². The van der Waals surface area contributed by atoms with Gasteiger partial charge in [-0.05, 0) is 24.1 Å². The van der Waals surface area contributed by atoms with Crippen molar-refractivity contribution in [3.63, 3.8) is 0 Å². The molecule has 36 heavy (non-hydrogen) atoms. The number of phenolic OH excluding ortho intramolecular Hbond substituents is 2. The summed E-state index contributed by atoms with van der Waals surface area (Å²) in [6.07, 6.45) is 2.16. The van der Waals surface area contributed by atoms with E-state index in [1.54, 1.807) is 17.9 Å². The van der Waals surface area contributed by atoms with E-state index in [0.717, 1.165) is 10.1 Å². The molecule has 0 aliphatic heterocycles. The summed E-state index contributed by atoms with van der Waals surface area (Å²) in [5, 5.41) is 19.5. The Morgan fingerprint density at radius 3 is 2.33 bits per heavy atom. The van der Waals surface area contributed by atoms with E-state index in [1.807, 2.05) is 35.2 Å². The van der Waals surface area contributed by atoms with Crippen molar-refractivity contribution in [3.8, 4) is 11.5 Å². The minimum absolute atomic E-state index is 0. The van der Waals surface area contributed by atoms with Crippen LogP contribution in [0.4, 0.5) is 0 Å². The molecule has 0 saturated carbocycles. The molecule has 0 fully saturated rings. The molecule has 0 unspecified atom stereocenters. The molecule has 0 atom stereocenters. The van der Waals surface area contributed by atoms with E-state index in [0.29, 0.717) is 37.2 Å². The van der Waals surface area contributed by atoms with Gasteiger partial charge in [-0.25, -0.2) is 9.78 Å². The van der Waals surface area contributed by atoms with Gasteiger partial charge in [0.2, 0.25) is 0 Å². The fourth-order valence-corrected chi connectivity index (χ4v) is 4.14. The van der Waals surface area contributed by atoms with Crippen LogP contribution in [0.3, 0.4) is 0 Å². The Morgan fingerprint density at radius 2 is 1.67 bits per heavy atom. The van der Waals surface area contributed by atoms with Gasteiger partial charge in [-0.15, -0.1) is 12.4 Å². The third-order valence-electron chi connectivity index (χ3n) is 5.93. The molecule has 2 N–H and O–H groups in total. The number of fused-ring (bicyclic) bond motifs is 1. The number of nitrogens with zero attached hydrogens (tertiary/aromatic N) is 5. The topological polar surface area (TPSA) is 123 Å². The molecule has 0 aliphatic rings. The number of aromatic hydroxyl groups is 2. The van der Waals surface area contributed by atoms with Crippen molar-refractivity contribution < 1.29 is 15.0 Å². The Balaban J connectivity index is 0.00000361. The molecule has 190 valence electrons. The van der Waals surface area contributed by atoms with Gasteiger partial charge in [0.15, 0.2) is 16.9 Å². The van der Waals surface area contributed by atoms with Gasteiger partial charge in [-0.3, -0.25) is 23.6 Å². The van der Waals surface area contributed by atoms with Crippen molar-refractivity contribution in [3.05, 3.63) is 86.8 Å². The average Bonchev–Trinajstić information content (AvgIpc) is 3.25. The number of carbonyl (C=O) groups is 1. The molecule has 11 heteroatoms. The predicted molar refractivity (Wildman–Crippen MR) is 138 cm³/mol. The highest BCUT2D eigenvalue weighted by Gasteiger charge is 2.17. The van der Waals surface area contributed by atoms with Crippen LogP contribution in [0.5, 0.6) is 11.5 Å². The lowest BCUT2D eigenvalue weighted by Crippen LogP contribution is -2.37. The van der Waals surface area contributed by atoms with Crippen LogP contribution in [-0.4, -0.2) is 52.7 Å². The number of aromatic nitrogens is 4. The SMILES string of the molecule is Cl.Cn1c(=O)c2c(ncn2CCCN(CC(=O)c2cc(O)cc(O)c2)Cc2ccccc2)n(C)c1=O. The van der Waals surface area contributed by atoms with Crippen molar-refractivity contribution in [2.24, 2.45) is 14.1 Å². The van der Waals surface area contributed by atoms with Gasteiger partial charge in [0.05, 0.1) is 12.9 Å². The quantitative estimate of drug-likeness (QED) is 0.328. The molecule has 0 radical (unpaired) electrons. The summed E-state index contributed by atoms with van der Waals surface area (Å²) in [7, 11) is 3.02. The van der Waals surface area contributed by atoms with Crippen LogP contribution in [-0.2, 0) is 27.2 Å². The summed E-state index contributed by atoms with van der Waals surface area (Å²) in [6.45, 7) is 1.62. The second kappa shape index (κ2) is 11.2. The van der Waals surface area contributed by atoms with Crippen LogP contribution in [0.1, 0.15) is 22.3 Å². The van der Waals surface area contributed by atoms with Gasteiger partial charge < -0.3 is 14.8 Å². The first kappa shape index (κ1) is 26.7. The number of benzene rings is 2. The number of imidazole rings is 1. The van der Waals surface area contributed by atoms with E-state index in [4.69, 9.17) is 0 Å². The molecule has 2 aromatic carbocycles. The molecule has 4 aromatic rings. The minimum atomic E-state index is -0.432. The second-order valence-electron chi connectivity index (χ2n) is 8.53.